The second-order valence-electron chi connectivity index (χ2n) is 5.62. The van der Waals surface area contributed by atoms with Crippen molar-refractivity contribution in [1.82, 2.24) is 9.97 Å². The van der Waals surface area contributed by atoms with Gasteiger partial charge in [0.05, 0.1) is 5.69 Å². The molecular weight excluding hydrogens is 278 g/mol. The van der Waals surface area contributed by atoms with Crippen molar-refractivity contribution in [2.75, 3.05) is 13.2 Å². The van der Waals surface area contributed by atoms with Crippen molar-refractivity contribution in [3.8, 4) is 5.88 Å². The summed E-state index contributed by atoms with van der Waals surface area (Å²) in [5.41, 5.74) is 3.65. The number of H-pyrrole nitrogens is 1. The molecule has 2 aliphatic heterocycles. The zero-order valence-electron chi connectivity index (χ0n) is 12.1. The first-order chi connectivity index (χ1) is 10.8. The van der Waals surface area contributed by atoms with Gasteiger partial charge in [-0.05, 0) is 25.0 Å². The normalized spacial score (nSPS) is 19.7. The van der Waals surface area contributed by atoms with Gasteiger partial charge in [0.15, 0.2) is 0 Å². The minimum atomic E-state index is 0.0479. The molecule has 0 bridgehead atoms. The molecule has 1 fully saturated rings. The van der Waals surface area contributed by atoms with Crippen LogP contribution >= 0.6 is 0 Å². The fourth-order valence-electron chi connectivity index (χ4n) is 2.97. The maximum atomic E-state index is 10.1. The SMILES string of the molecule is Oc1nc(C2CCOCC2)[nH]c1/C=C1\C=Nc2ccccc21. The molecule has 0 spiro atoms. The number of rotatable bonds is 2. The van der Waals surface area contributed by atoms with E-state index in [4.69, 9.17) is 4.74 Å². The molecule has 22 heavy (non-hydrogen) atoms. The third-order valence-electron chi connectivity index (χ3n) is 4.20. The van der Waals surface area contributed by atoms with Gasteiger partial charge >= 0.3 is 0 Å². The summed E-state index contributed by atoms with van der Waals surface area (Å²) in [6, 6.07) is 7.96. The Labute approximate surface area is 128 Å². The minimum absolute atomic E-state index is 0.0479. The zero-order valence-corrected chi connectivity index (χ0v) is 12.1. The van der Waals surface area contributed by atoms with E-state index in [0.29, 0.717) is 11.6 Å². The molecule has 0 atom stereocenters. The first-order valence-electron chi connectivity index (χ1n) is 7.53. The molecular formula is C17H17N3O2. The van der Waals surface area contributed by atoms with E-state index in [-0.39, 0.29) is 5.88 Å². The Morgan fingerprint density at radius 2 is 2.05 bits per heavy atom. The number of aromatic hydroxyl groups is 1. The van der Waals surface area contributed by atoms with Crippen LogP contribution in [0, 0.1) is 0 Å². The lowest BCUT2D eigenvalue weighted by Crippen LogP contribution is -2.15. The molecule has 1 aromatic carbocycles. The van der Waals surface area contributed by atoms with Gasteiger partial charge < -0.3 is 14.8 Å². The van der Waals surface area contributed by atoms with Crippen molar-refractivity contribution in [3.63, 3.8) is 0 Å². The Hall–Kier alpha value is -2.40. The Kier molecular flexibility index (Phi) is 3.27. The molecule has 1 aromatic heterocycles. The maximum Gasteiger partial charge on any atom is 0.237 e. The molecule has 3 heterocycles. The summed E-state index contributed by atoms with van der Waals surface area (Å²) in [5.74, 6) is 1.22. The standard InChI is InChI=1S/C17H17N3O2/c21-17-15(19-16(20-17)11-5-7-22-8-6-11)9-12-10-18-14-4-2-1-3-13(12)14/h1-4,9-11,21H,5-8H2,(H,19,20)/b12-9+. The van der Waals surface area contributed by atoms with Crippen LogP contribution in [0.2, 0.25) is 0 Å². The third kappa shape index (κ3) is 2.33. The fraction of sp³-hybridized carbons (Fsp3) is 0.294. The number of aliphatic imine (C=N–C) groups is 1. The van der Waals surface area contributed by atoms with Gasteiger partial charge in [-0.25, -0.2) is 0 Å². The van der Waals surface area contributed by atoms with Crippen LogP contribution in [0.15, 0.2) is 29.3 Å². The van der Waals surface area contributed by atoms with Crippen LogP contribution in [-0.4, -0.2) is 34.5 Å². The number of nitrogens with zero attached hydrogens (tertiary/aromatic N) is 2. The zero-order chi connectivity index (χ0) is 14.9. The highest BCUT2D eigenvalue weighted by Gasteiger charge is 2.21. The van der Waals surface area contributed by atoms with E-state index >= 15 is 0 Å². The lowest BCUT2D eigenvalue weighted by Gasteiger charge is -2.19. The largest absolute Gasteiger partial charge is 0.492 e. The lowest BCUT2D eigenvalue weighted by molar-refractivity contribution is 0.0837. The van der Waals surface area contributed by atoms with Crippen molar-refractivity contribution >= 4 is 23.6 Å². The van der Waals surface area contributed by atoms with Gasteiger partial charge in [-0.3, -0.25) is 4.99 Å². The molecule has 2 N–H and O–H groups in total. The number of aromatic nitrogens is 2. The number of nitrogens with one attached hydrogen (secondary N) is 1. The van der Waals surface area contributed by atoms with Gasteiger partial charge in [0.2, 0.25) is 5.88 Å². The van der Waals surface area contributed by atoms with Crippen LogP contribution in [0.3, 0.4) is 0 Å². The molecule has 0 unspecified atom stereocenters. The molecule has 0 saturated carbocycles. The van der Waals surface area contributed by atoms with Gasteiger partial charge in [0.1, 0.15) is 11.5 Å². The van der Waals surface area contributed by atoms with E-state index in [0.717, 1.165) is 48.7 Å². The summed E-state index contributed by atoms with van der Waals surface area (Å²) in [5, 5.41) is 10.1. The predicted octanol–water partition coefficient (Wildman–Crippen LogP) is 3.27. The number of benzene rings is 1. The smallest absolute Gasteiger partial charge is 0.237 e. The monoisotopic (exact) mass is 295 g/mol. The second-order valence-corrected chi connectivity index (χ2v) is 5.62. The van der Waals surface area contributed by atoms with Crippen LogP contribution in [0.4, 0.5) is 5.69 Å². The quantitative estimate of drug-likeness (QED) is 0.893. The molecule has 0 aliphatic carbocycles. The van der Waals surface area contributed by atoms with Gasteiger partial charge in [0, 0.05) is 36.5 Å². The Balaban J connectivity index is 1.65. The van der Waals surface area contributed by atoms with Crippen molar-refractivity contribution in [1.29, 1.82) is 0 Å². The summed E-state index contributed by atoms with van der Waals surface area (Å²) in [6.45, 7) is 1.51. The third-order valence-corrected chi connectivity index (χ3v) is 4.20. The number of aromatic amines is 1. The van der Waals surface area contributed by atoms with Crippen LogP contribution in [-0.2, 0) is 4.74 Å². The van der Waals surface area contributed by atoms with Crippen LogP contribution < -0.4 is 0 Å². The van der Waals surface area contributed by atoms with Crippen molar-refractivity contribution in [3.05, 3.63) is 41.3 Å². The Morgan fingerprint density at radius 3 is 2.91 bits per heavy atom. The van der Waals surface area contributed by atoms with Crippen molar-refractivity contribution < 1.29 is 9.84 Å². The molecule has 4 rings (SSSR count). The Bertz CT molecular complexity index is 755. The topological polar surface area (TPSA) is 70.5 Å². The first kappa shape index (κ1) is 13.3. The average Bonchev–Trinajstić information content (AvgIpc) is 3.13. The summed E-state index contributed by atoms with van der Waals surface area (Å²) in [6.07, 6.45) is 5.60. The van der Waals surface area contributed by atoms with E-state index in [2.05, 4.69) is 15.0 Å². The predicted molar refractivity (Wildman–Crippen MR) is 85.5 cm³/mol. The lowest BCUT2D eigenvalue weighted by atomic mass is 10.00. The summed E-state index contributed by atoms with van der Waals surface area (Å²) in [7, 11) is 0. The van der Waals surface area contributed by atoms with E-state index in [1.807, 2.05) is 36.6 Å². The Morgan fingerprint density at radius 1 is 1.23 bits per heavy atom. The van der Waals surface area contributed by atoms with E-state index < -0.39 is 0 Å². The number of fused-ring (bicyclic) bond motifs is 1. The molecule has 112 valence electrons. The van der Waals surface area contributed by atoms with Gasteiger partial charge in [0.25, 0.3) is 0 Å². The van der Waals surface area contributed by atoms with Gasteiger partial charge in [-0.1, -0.05) is 18.2 Å². The summed E-state index contributed by atoms with van der Waals surface area (Å²) < 4.78 is 5.37. The molecule has 1 saturated heterocycles. The fourth-order valence-corrected chi connectivity index (χ4v) is 2.97. The molecule has 0 radical (unpaired) electrons. The number of hydrogen-bond donors (Lipinski definition) is 2. The summed E-state index contributed by atoms with van der Waals surface area (Å²) >= 11 is 0. The highest BCUT2D eigenvalue weighted by molar-refractivity contribution is 6.21. The number of allylic oxidation sites excluding steroid dienone is 1. The highest BCUT2D eigenvalue weighted by Crippen LogP contribution is 2.34. The van der Waals surface area contributed by atoms with Crippen molar-refractivity contribution in [2.24, 2.45) is 4.99 Å². The van der Waals surface area contributed by atoms with E-state index in [1.165, 1.54) is 0 Å². The van der Waals surface area contributed by atoms with Crippen LogP contribution in [0.1, 0.15) is 35.8 Å². The number of imidazole rings is 1. The maximum absolute atomic E-state index is 10.1. The molecule has 2 aliphatic rings. The van der Waals surface area contributed by atoms with E-state index in [9.17, 15) is 5.11 Å². The molecule has 5 heteroatoms. The minimum Gasteiger partial charge on any atom is -0.492 e. The number of hydrogen-bond acceptors (Lipinski definition) is 4. The van der Waals surface area contributed by atoms with E-state index in [1.54, 1.807) is 0 Å². The van der Waals surface area contributed by atoms with Gasteiger partial charge in [-0.15, -0.1) is 0 Å². The number of ether oxygens (including phenoxy) is 1. The highest BCUT2D eigenvalue weighted by atomic mass is 16.5. The average molecular weight is 295 g/mol. The van der Waals surface area contributed by atoms with Crippen molar-refractivity contribution in [2.45, 2.75) is 18.8 Å². The van der Waals surface area contributed by atoms with Crippen LogP contribution in [0.5, 0.6) is 5.88 Å². The van der Waals surface area contributed by atoms with Gasteiger partial charge in [-0.2, -0.15) is 4.98 Å². The molecule has 0 amide bonds. The summed E-state index contributed by atoms with van der Waals surface area (Å²) in [4.78, 5) is 11.9. The molecule has 2 aromatic rings. The molecule has 5 nitrogen and oxygen atoms in total. The first-order valence-corrected chi connectivity index (χ1v) is 7.53. The number of para-hydroxylation sites is 1. The van der Waals surface area contributed by atoms with Crippen LogP contribution in [0.25, 0.3) is 11.6 Å². The second kappa shape index (κ2) is 5.42.